The number of amides is 1. The van der Waals surface area contributed by atoms with E-state index in [1.54, 1.807) is 11.3 Å². The average Bonchev–Trinajstić information content (AvgIpc) is 2.84. The van der Waals surface area contributed by atoms with E-state index in [2.05, 4.69) is 10.6 Å². The van der Waals surface area contributed by atoms with E-state index in [9.17, 15) is 9.90 Å². The van der Waals surface area contributed by atoms with Gasteiger partial charge in [0.25, 0.3) is 0 Å². The van der Waals surface area contributed by atoms with Crippen molar-refractivity contribution in [1.29, 1.82) is 0 Å². The van der Waals surface area contributed by atoms with Crippen molar-refractivity contribution in [3.8, 4) is 0 Å². The highest BCUT2D eigenvalue weighted by Crippen LogP contribution is 2.15. The van der Waals surface area contributed by atoms with Gasteiger partial charge >= 0.3 is 0 Å². The van der Waals surface area contributed by atoms with Crippen molar-refractivity contribution in [3.05, 3.63) is 21.9 Å². The minimum atomic E-state index is -0.390. The minimum Gasteiger partial charge on any atom is -0.392 e. The number of β-amino-alcohol motifs (C(OH)–C–C–N with tert-alkyl or cyclic N) is 1. The van der Waals surface area contributed by atoms with Gasteiger partial charge < -0.3 is 15.7 Å². The Kier molecular flexibility index (Phi) is 5.39. The first kappa shape index (κ1) is 14.4. The van der Waals surface area contributed by atoms with E-state index in [0.29, 0.717) is 19.5 Å². The number of aliphatic hydroxyl groups excluding tert-OH is 1. The van der Waals surface area contributed by atoms with Crippen LogP contribution in [0.1, 0.15) is 16.9 Å². The van der Waals surface area contributed by atoms with Crippen LogP contribution in [0.2, 0.25) is 0 Å². The molecular formula is C11H17ClN2O2S. The van der Waals surface area contributed by atoms with Gasteiger partial charge in [-0.2, -0.15) is 0 Å². The molecule has 2 unspecified atom stereocenters. The molecule has 0 radical (unpaired) electrons. The number of aryl methyl sites for hydroxylation is 1. The van der Waals surface area contributed by atoms with Crippen molar-refractivity contribution < 1.29 is 9.90 Å². The van der Waals surface area contributed by atoms with Gasteiger partial charge in [0.15, 0.2) is 0 Å². The highest BCUT2D eigenvalue weighted by Gasteiger charge is 2.27. The minimum absolute atomic E-state index is 0. The van der Waals surface area contributed by atoms with Crippen molar-refractivity contribution in [3.63, 3.8) is 0 Å². The van der Waals surface area contributed by atoms with Crippen LogP contribution in [-0.4, -0.2) is 29.7 Å². The van der Waals surface area contributed by atoms with E-state index in [1.165, 1.54) is 10.4 Å². The van der Waals surface area contributed by atoms with Gasteiger partial charge in [-0.25, -0.2) is 0 Å². The Balaban J connectivity index is 0.00000144. The summed E-state index contributed by atoms with van der Waals surface area (Å²) in [5.74, 6) is -0.0237. The molecule has 1 saturated heterocycles. The number of thiophene rings is 1. The zero-order valence-electron chi connectivity index (χ0n) is 9.60. The van der Waals surface area contributed by atoms with Gasteiger partial charge in [0.1, 0.15) is 0 Å². The Morgan fingerprint density at radius 1 is 1.71 bits per heavy atom. The molecule has 1 aromatic heterocycles. The molecule has 6 heteroatoms. The summed E-state index contributed by atoms with van der Waals surface area (Å²) in [4.78, 5) is 12.9. The maximum Gasteiger partial charge on any atom is 0.237 e. The van der Waals surface area contributed by atoms with Crippen molar-refractivity contribution in [2.24, 2.45) is 0 Å². The summed E-state index contributed by atoms with van der Waals surface area (Å²) in [7, 11) is 0. The van der Waals surface area contributed by atoms with Gasteiger partial charge in [-0.15, -0.1) is 23.7 Å². The second-order valence-electron chi connectivity index (χ2n) is 4.09. The van der Waals surface area contributed by atoms with Crippen LogP contribution in [-0.2, 0) is 11.3 Å². The molecule has 0 aromatic carbocycles. The van der Waals surface area contributed by atoms with Crippen LogP contribution in [0.5, 0.6) is 0 Å². The van der Waals surface area contributed by atoms with Gasteiger partial charge in [0.2, 0.25) is 5.91 Å². The zero-order valence-corrected chi connectivity index (χ0v) is 11.2. The third-order valence-electron chi connectivity index (χ3n) is 2.82. The molecule has 3 N–H and O–H groups in total. The maximum absolute atomic E-state index is 11.7. The summed E-state index contributed by atoms with van der Waals surface area (Å²) in [5.41, 5.74) is 1.21. The van der Waals surface area contributed by atoms with E-state index in [0.717, 1.165) is 0 Å². The largest absolute Gasteiger partial charge is 0.392 e. The molecule has 0 saturated carbocycles. The first-order valence-electron chi connectivity index (χ1n) is 5.39. The van der Waals surface area contributed by atoms with Crippen LogP contribution in [0.3, 0.4) is 0 Å². The second kappa shape index (κ2) is 6.35. The van der Waals surface area contributed by atoms with E-state index in [4.69, 9.17) is 0 Å². The van der Waals surface area contributed by atoms with Crippen LogP contribution < -0.4 is 10.6 Å². The molecule has 17 heavy (non-hydrogen) atoms. The number of rotatable bonds is 3. The van der Waals surface area contributed by atoms with Crippen LogP contribution in [0, 0.1) is 6.92 Å². The molecule has 2 heterocycles. The molecule has 1 aliphatic heterocycles. The third kappa shape index (κ3) is 3.67. The third-order valence-corrected chi connectivity index (χ3v) is 3.84. The molecule has 96 valence electrons. The molecule has 2 atom stereocenters. The number of carbonyl (C=O) groups is 1. The summed E-state index contributed by atoms with van der Waals surface area (Å²) >= 11 is 1.65. The number of carbonyl (C=O) groups excluding carboxylic acids is 1. The Morgan fingerprint density at radius 2 is 2.47 bits per heavy atom. The molecule has 1 aliphatic rings. The van der Waals surface area contributed by atoms with Crippen LogP contribution >= 0.6 is 23.7 Å². The molecule has 1 amide bonds. The summed E-state index contributed by atoms with van der Waals surface area (Å²) in [6, 6.07) is 1.80. The lowest BCUT2D eigenvalue weighted by atomic mass is 10.2. The SMILES string of the molecule is Cc1ccsc1CNC(=O)C1CC(O)CN1.Cl. The van der Waals surface area contributed by atoms with Gasteiger partial charge in [-0.3, -0.25) is 4.79 Å². The highest BCUT2D eigenvalue weighted by atomic mass is 35.5. The Morgan fingerprint density at radius 3 is 3.00 bits per heavy atom. The average molecular weight is 277 g/mol. The van der Waals surface area contributed by atoms with Crippen LogP contribution in [0.15, 0.2) is 11.4 Å². The maximum atomic E-state index is 11.7. The van der Waals surface area contributed by atoms with Gasteiger partial charge in [0, 0.05) is 11.4 Å². The lowest BCUT2D eigenvalue weighted by molar-refractivity contribution is -0.123. The number of halogens is 1. The Labute approximate surface area is 111 Å². The number of hydrogen-bond donors (Lipinski definition) is 3. The fraction of sp³-hybridized carbons (Fsp3) is 0.545. The fourth-order valence-corrected chi connectivity index (χ4v) is 2.64. The molecule has 1 aromatic rings. The monoisotopic (exact) mass is 276 g/mol. The molecule has 0 aliphatic carbocycles. The van der Waals surface area contributed by atoms with Crippen molar-refractivity contribution in [2.45, 2.75) is 32.0 Å². The standard InChI is InChI=1S/C11H16N2O2S.ClH/c1-7-2-3-16-10(7)6-13-11(15)9-4-8(14)5-12-9;/h2-3,8-9,12,14H,4-6H2,1H3,(H,13,15);1H. The molecule has 0 spiro atoms. The number of nitrogens with one attached hydrogen (secondary N) is 2. The zero-order chi connectivity index (χ0) is 11.5. The van der Waals surface area contributed by atoms with Crippen LogP contribution in [0.25, 0.3) is 0 Å². The molecule has 4 nitrogen and oxygen atoms in total. The van der Waals surface area contributed by atoms with Crippen LogP contribution in [0.4, 0.5) is 0 Å². The van der Waals surface area contributed by atoms with E-state index in [1.807, 2.05) is 18.4 Å². The van der Waals surface area contributed by atoms with Crippen molar-refractivity contribution >= 4 is 29.7 Å². The fourth-order valence-electron chi connectivity index (χ4n) is 1.79. The lowest BCUT2D eigenvalue weighted by Crippen LogP contribution is -2.39. The first-order chi connectivity index (χ1) is 7.66. The summed E-state index contributed by atoms with van der Waals surface area (Å²) in [6.45, 7) is 3.13. The van der Waals surface area contributed by atoms with Gasteiger partial charge in [-0.05, 0) is 30.4 Å². The van der Waals surface area contributed by atoms with Gasteiger partial charge in [-0.1, -0.05) is 0 Å². The number of hydrogen-bond acceptors (Lipinski definition) is 4. The molecular weight excluding hydrogens is 260 g/mol. The smallest absolute Gasteiger partial charge is 0.237 e. The van der Waals surface area contributed by atoms with E-state index >= 15 is 0 Å². The summed E-state index contributed by atoms with van der Waals surface area (Å²) in [6.07, 6.45) is 0.120. The predicted molar refractivity (Wildman–Crippen MR) is 70.6 cm³/mol. The normalized spacial score (nSPS) is 23.2. The Bertz CT molecular complexity index is 383. The van der Waals surface area contributed by atoms with E-state index in [-0.39, 0.29) is 30.5 Å². The van der Waals surface area contributed by atoms with Crippen molar-refractivity contribution in [1.82, 2.24) is 10.6 Å². The highest BCUT2D eigenvalue weighted by molar-refractivity contribution is 7.10. The van der Waals surface area contributed by atoms with Crippen molar-refractivity contribution in [2.75, 3.05) is 6.54 Å². The first-order valence-corrected chi connectivity index (χ1v) is 6.27. The predicted octanol–water partition coefficient (Wildman–Crippen LogP) is 0.817. The van der Waals surface area contributed by atoms with Gasteiger partial charge in [0.05, 0.1) is 18.7 Å². The lowest BCUT2D eigenvalue weighted by Gasteiger charge is -2.10. The molecule has 0 bridgehead atoms. The summed E-state index contributed by atoms with van der Waals surface area (Å²) in [5, 5.41) is 17.2. The topological polar surface area (TPSA) is 61.4 Å². The molecule has 2 rings (SSSR count). The number of aliphatic hydroxyl groups is 1. The molecule has 1 fully saturated rings. The second-order valence-corrected chi connectivity index (χ2v) is 5.10. The Hall–Kier alpha value is -0.620. The quantitative estimate of drug-likeness (QED) is 0.766. The summed E-state index contributed by atoms with van der Waals surface area (Å²) < 4.78 is 0. The van der Waals surface area contributed by atoms with E-state index < -0.39 is 0 Å².